The SMILES string of the molecule is O=C(O)N1CC(CC(=O)N2CCOCC2)C1. The number of nitrogens with zero attached hydrogens (tertiary/aromatic N) is 2. The highest BCUT2D eigenvalue weighted by Crippen LogP contribution is 2.20. The number of carboxylic acid groups (broad SMARTS) is 1. The molecule has 0 aromatic heterocycles. The molecule has 2 saturated heterocycles. The molecule has 0 atom stereocenters. The van der Waals surface area contributed by atoms with Gasteiger partial charge in [0.05, 0.1) is 13.2 Å². The van der Waals surface area contributed by atoms with E-state index in [4.69, 9.17) is 9.84 Å². The second kappa shape index (κ2) is 4.69. The van der Waals surface area contributed by atoms with E-state index in [1.165, 1.54) is 4.90 Å². The van der Waals surface area contributed by atoms with Crippen LogP contribution in [-0.2, 0) is 9.53 Å². The Hall–Kier alpha value is -1.30. The maximum absolute atomic E-state index is 11.8. The first-order valence-electron chi connectivity index (χ1n) is 5.50. The summed E-state index contributed by atoms with van der Waals surface area (Å²) in [5.41, 5.74) is 0. The molecule has 0 aromatic carbocycles. The van der Waals surface area contributed by atoms with Gasteiger partial charge in [0.1, 0.15) is 0 Å². The van der Waals surface area contributed by atoms with E-state index in [-0.39, 0.29) is 11.8 Å². The Bertz CT molecular complexity index is 283. The number of carbonyl (C=O) groups is 2. The number of hydrogen-bond donors (Lipinski definition) is 1. The first-order valence-corrected chi connectivity index (χ1v) is 5.50. The summed E-state index contributed by atoms with van der Waals surface area (Å²) in [7, 11) is 0. The Kier molecular flexibility index (Phi) is 3.28. The van der Waals surface area contributed by atoms with E-state index in [0.717, 1.165) is 0 Å². The third kappa shape index (κ3) is 2.44. The molecular formula is C10H16N2O4. The minimum absolute atomic E-state index is 0.123. The number of carbonyl (C=O) groups excluding carboxylic acids is 1. The molecule has 0 spiro atoms. The smallest absolute Gasteiger partial charge is 0.407 e. The van der Waals surface area contributed by atoms with Gasteiger partial charge in [-0.25, -0.2) is 4.79 Å². The molecule has 2 rings (SSSR count). The minimum atomic E-state index is -0.893. The van der Waals surface area contributed by atoms with Gasteiger partial charge in [0.25, 0.3) is 0 Å². The number of hydrogen-bond acceptors (Lipinski definition) is 3. The number of rotatable bonds is 2. The maximum atomic E-state index is 11.8. The predicted octanol–water partition coefficient (Wildman–Crippen LogP) is -0.155. The molecule has 0 unspecified atom stereocenters. The molecule has 2 aliphatic rings. The van der Waals surface area contributed by atoms with E-state index in [9.17, 15) is 9.59 Å². The summed E-state index contributed by atoms with van der Waals surface area (Å²) in [4.78, 5) is 25.4. The highest BCUT2D eigenvalue weighted by molar-refractivity contribution is 5.77. The van der Waals surface area contributed by atoms with Crippen molar-refractivity contribution in [3.05, 3.63) is 0 Å². The fraction of sp³-hybridized carbons (Fsp3) is 0.800. The predicted molar refractivity (Wildman–Crippen MR) is 55.1 cm³/mol. The summed E-state index contributed by atoms with van der Waals surface area (Å²) >= 11 is 0. The van der Waals surface area contributed by atoms with Crippen LogP contribution in [0.2, 0.25) is 0 Å². The molecular weight excluding hydrogens is 212 g/mol. The van der Waals surface area contributed by atoms with E-state index in [1.807, 2.05) is 0 Å². The quantitative estimate of drug-likeness (QED) is 0.713. The molecule has 0 radical (unpaired) electrons. The van der Waals surface area contributed by atoms with Crippen LogP contribution in [0.3, 0.4) is 0 Å². The lowest BCUT2D eigenvalue weighted by atomic mass is 9.96. The van der Waals surface area contributed by atoms with Crippen molar-refractivity contribution in [3.8, 4) is 0 Å². The van der Waals surface area contributed by atoms with Gasteiger partial charge in [0, 0.05) is 38.5 Å². The molecule has 2 amide bonds. The molecule has 0 saturated carbocycles. The first kappa shape index (κ1) is 11.2. The van der Waals surface area contributed by atoms with Crippen molar-refractivity contribution in [3.63, 3.8) is 0 Å². The molecule has 90 valence electrons. The van der Waals surface area contributed by atoms with Crippen LogP contribution >= 0.6 is 0 Å². The average molecular weight is 228 g/mol. The molecule has 6 nitrogen and oxygen atoms in total. The van der Waals surface area contributed by atoms with Crippen LogP contribution < -0.4 is 0 Å². The molecule has 0 aromatic rings. The third-order valence-electron chi connectivity index (χ3n) is 3.05. The van der Waals surface area contributed by atoms with E-state index < -0.39 is 6.09 Å². The van der Waals surface area contributed by atoms with Crippen LogP contribution in [0.15, 0.2) is 0 Å². The van der Waals surface area contributed by atoms with Gasteiger partial charge in [-0.1, -0.05) is 0 Å². The number of likely N-dealkylation sites (tertiary alicyclic amines) is 1. The van der Waals surface area contributed by atoms with E-state index >= 15 is 0 Å². The van der Waals surface area contributed by atoms with Gasteiger partial charge in [-0.05, 0) is 0 Å². The third-order valence-corrected chi connectivity index (χ3v) is 3.05. The van der Waals surface area contributed by atoms with Crippen molar-refractivity contribution >= 4 is 12.0 Å². The molecule has 16 heavy (non-hydrogen) atoms. The summed E-state index contributed by atoms with van der Waals surface area (Å²) in [5, 5.41) is 8.65. The highest BCUT2D eigenvalue weighted by atomic mass is 16.5. The van der Waals surface area contributed by atoms with Crippen molar-refractivity contribution in [1.29, 1.82) is 0 Å². The summed E-state index contributed by atoms with van der Waals surface area (Å²) in [6, 6.07) is 0. The standard InChI is InChI=1S/C10H16N2O4/c13-9(11-1-3-16-4-2-11)5-8-6-12(7-8)10(14)15/h8H,1-7H2,(H,14,15). The van der Waals surface area contributed by atoms with Crippen molar-refractivity contribution < 1.29 is 19.4 Å². The lowest BCUT2D eigenvalue weighted by Gasteiger charge is -2.38. The molecule has 2 fully saturated rings. The average Bonchev–Trinajstić information content (AvgIpc) is 2.23. The number of ether oxygens (including phenoxy) is 1. The van der Waals surface area contributed by atoms with Gasteiger partial charge in [-0.15, -0.1) is 0 Å². The van der Waals surface area contributed by atoms with Crippen LogP contribution in [0.25, 0.3) is 0 Å². The fourth-order valence-electron chi connectivity index (χ4n) is 2.04. The van der Waals surface area contributed by atoms with Gasteiger partial charge in [-0.2, -0.15) is 0 Å². The lowest BCUT2D eigenvalue weighted by Crippen LogP contribution is -2.51. The largest absolute Gasteiger partial charge is 0.465 e. The van der Waals surface area contributed by atoms with Gasteiger partial charge in [0.15, 0.2) is 0 Å². The van der Waals surface area contributed by atoms with E-state index in [1.54, 1.807) is 4.90 Å². The van der Waals surface area contributed by atoms with Crippen LogP contribution in [0.1, 0.15) is 6.42 Å². The molecule has 2 heterocycles. The second-order valence-corrected chi connectivity index (χ2v) is 4.25. The highest BCUT2D eigenvalue weighted by Gasteiger charge is 2.33. The lowest BCUT2D eigenvalue weighted by molar-refractivity contribution is -0.137. The first-order chi connectivity index (χ1) is 7.66. The zero-order chi connectivity index (χ0) is 11.5. The molecule has 0 bridgehead atoms. The van der Waals surface area contributed by atoms with Crippen LogP contribution in [-0.4, -0.2) is 66.3 Å². The Morgan fingerprint density at radius 1 is 1.19 bits per heavy atom. The van der Waals surface area contributed by atoms with Gasteiger partial charge < -0.3 is 19.6 Å². The van der Waals surface area contributed by atoms with Gasteiger partial charge in [0.2, 0.25) is 5.91 Å². The summed E-state index contributed by atoms with van der Waals surface area (Å²) in [6.07, 6.45) is -0.431. The van der Waals surface area contributed by atoms with Crippen LogP contribution in [0.5, 0.6) is 0 Å². The van der Waals surface area contributed by atoms with Crippen LogP contribution in [0, 0.1) is 5.92 Å². The Morgan fingerprint density at radius 2 is 1.81 bits per heavy atom. The zero-order valence-electron chi connectivity index (χ0n) is 9.09. The molecule has 6 heteroatoms. The summed E-state index contributed by atoms with van der Waals surface area (Å²) in [5.74, 6) is 0.324. The van der Waals surface area contributed by atoms with Crippen molar-refractivity contribution in [2.75, 3.05) is 39.4 Å². The Balaban J connectivity index is 1.70. The topological polar surface area (TPSA) is 70.1 Å². The van der Waals surface area contributed by atoms with E-state index in [2.05, 4.69) is 0 Å². The van der Waals surface area contributed by atoms with Crippen molar-refractivity contribution in [2.24, 2.45) is 5.92 Å². The molecule has 0 aliphatic carbocycles. The Morgan fingerprint density at radius 3 is 2.38 bits per heavy atom. The maximum Gasteiger partial charge on any atom is 0.407 e. The zero-order valence-corrected chi connectivity index (χ0v) is 9.09. The van der Waals surface area contributed by atoms with Gasteiger partial charge in [-0.3, -0.25) is 4.79 Å². The monoisotopic (exact) mass is 228 g/mol. The fourth-order valence-corrected chi connectivity index (χ4v) is 2.04. The van der Waals surface area contributed by atoms with Crippen molar-refractivity contribution in [2.45, 2.75) is 6.42 Å². The number of amides is 2. The second-order valence-electron chi connectivity index (χ2n) is 4.25. The minimum Gasteiger partial charge on any atom is -0.465 e. The number of morpholine rings is 1. The van der Waals surface area contributed by atoms with E-state index in [0.29, 0.717) is 45.8 Å². The molecule has 1 N–H and O–H groups in total. The van der Waals surface area contributed by atoms with Crippen LogP contribution in [0.4, 0.5) is 4.79 Å². The molecule has 2 aliphatic heterocycles. The summed E-state index contributed by atoms with van der Waals surface area (Å²) < 4.78 is 5.16. The normalized spacial score (nSPS) is 21.8. The van der Waals surface area contributed by atoms with Gasteiger partial charge >= 0.3 is 6.09 Å². The van der Waals surface area contributed by atoms with Crippen molar-refractivity contribution in [1.82, 2.24) is 9.80 Å². The summed E-state index contributed by atoms with van der Waals surface area (Å²) in [6.45, 7) is 3.52. The Labute approximate surface area is 93.8 Å².